The lowest BCUT2D eigenvalue weighted by Crippen LogP contribution is -2.48. The summed E-state index contributed by atoms with van der Waals surface area (Å²) in [6.45, 7) is 2.99. The van der Waals surface area contributed by atoms with Crippen molar-refractivity contribution in [1.29, 1.82) is 0 Å². The summed E-state index contributed by atoms with van der Waals surface area (Å²) in [4.78, 5) is 27.6. The standard InChI is InChI=1S/C12H18N4O2S/c1-8-15-9(7-19-8)6-14-12(18)16-10-4-2-3-5-13-11(10)17/h7,10H,2-6H2,1H3,(H,13,17)(H2,14,16,18). The van der Waals surface area contributed by atoms with Gasteiger partial charge in [-0.15, -0.1) is 11.3 Å². The van der Waals surface area contributed by atoms with Crippen molar-refractivity contribution in [2.45, 2.75) is 38.8 Å². The molecule has 1 unspecified atom stereocenters. The highest BCUT2D eigenvalue weighted by Crippen LogP contribution is 2.07. The van der Waals surface area contributed by atoms with Crippen LogP contribution in [0.15, 0.2) is 5.38 Å². The van der Waals surface area contributed by atoms with E-state index in [2.05, 4.69) is 20.9 Å². The summed E-state index contributed by atoms with van der Waals surface area (Å²) in [5.74, 6) is -0.0999. The zero-order chi connectivity index (χ0) is 13.7. The third kappa shape index (κ3) is 4.20. The Bertz CT molecular complexity index is 460. The van der Waals surface area contributed by atoms with E-state index in [0.717, 1.165) is 23.5 Å². The number of aryl methyl sites for hydroxylation is 1. The van der Waals surface area contributed by atoms with Crippen LogP contribution in [0.25, 0.3) is 0 Å². The number of carbonyl (C=O) groups is 2. The fourth-order valence-corrected chi connectivity index (χ4v) is 2.56. The highest BCUT2D eigenvalue weighted by atomic mass is 32.1. The third-order valence-corrected chi connectivity index (χ3v) is 3.76. The monoisotopic (exact) mass is 282 g/mol. The number of nitrogens with zero attached hydrogens (tertiary/aromatic N) is 1. The number of urea groups is 1. The van der Waals surface area contributed by atoms with Gasteiger partial charge in [0.25, 0.3) is 0 Å². The SMILES string of the molecule is Cc1nc(CNC(=O)NC2CCCCNC2=O)cs1. The summed E-state index contributed by atoms with van der Waals surface area (Å²) < 4.78 is 0. The predicted octanol–water partition coefficient (Wildman–Crippen LogP) is 0.919. The number of thiazole rings is 1. The van der Waals surface area contributed by atoms with Crippen LogP contribution in [0.3, 0.4) is 0 Å². The van der Waals surface area contributed by atoms with Crippen molar-refractivity contribution in [2.24, 2.45) is 0 Å². The highest BCUT2D eigenvalue weighted by molar-refractivity contribution is 7.09. The molecule has 0 radical (unpaired) electrons. The van der Waals surface area contributed by atoms with Crippen LogP contribution in [0.1, 0.15) is 30.0 Å². The highest BCUT2D eigenvalue weighted by Gasteiger charge is 2.22. The normalized spacial score (nSPS) is 19.4. The van der Waals surface area contributed by atoms with Crippen molar-refractivity contribution in [3.05, 3.63) is 16.1 Å². The van der Waals surface area contributed by atoms with Gasteiger partial charge in [0, 0.05) is 11.9 Å². The molecule has 0 saturated carbocycles. The molecule has 7 heteroatoms. The van der Waals surface area contributed by atoms with E-state index in [1.165, 1.54) is 0 Å². The van der Waals surface area contributed by atoms with Crippen molar-refractivity contribution in [3.8, 4) is 0 Å². The molecule has 3 amide bonds. The van der Waals surface area contributed by atoms with Crippen molar-refractivity contribution in [2.75, 3.05) is 6.54 Å². The quantitative estimate of drug-likeness (QED) is 0.771. The molecule has 1 aromatic rings. The first-order valence-electron chi connectivity index (χ1n) is 6.38. The average Bonchev–Trinajstić information content (AvgIpc) is 2.69. The molecular weight excluding hydrogens is 264 g/mol. The maximum atomic E-state index is 11.7. The molecule has 3 N–H and O–H groups in total. The minimum absolute atomic E-state index is 0.0999. The minimum atomic E-state index is -0.431. The first-order valence-corrected chi connectivity index (χ1v) is 7.26. The molecule has 2 rings (SSSR count). The zero-order valence-corrected chi connectivity index (χ0v) is 11.7. The molecule has 1 fully saturated rings. The van der Waals surface area contributed by atoms with E-state index in [4.69, 9.17) is 0 Å². The largest absolute Gasteiger partial charge is 0.354 e. The molecule has 19 heavy (non-hydrogen) atoms. The first-order chi connectivity index (χ1) is 9.15. The lowest BCUT2D eigenvalue weighted by molar-refractivity contribution is -0.122. The van der Waals surface area contributed by atoms with Crippen LogP contribution < -0.4 is 16.0 Å². The summed E-state index contributed by atoms with van der Waals surface area (Å²) in [5, 5.41) is 11.1. The smallest absolute Gasteiger partial charge is 0.315 e. The predicted molar refractivity (Wildman–Crippen MR) is 72.9 cm³/mol. The Morgan fingerprint density at radius 2 is 2.42 bits per heavy atom. The van der Waals surface area contributed by atoms with E-state index < -0.39 is 6.04 Å². The third-order valence-electron chi connectivity index (χ3n) is 2.94. The number of hydrogen-bond donors (Lipinski definition) is 3. The number of aromatic nitrogens is 1. The summed E-state index contributed by atoms with van der Waals surface area (Å²) in [7, 11) is 0. The molecule has 1 aliphatic heterocycles. The number of nitrogens with one attached hydrogen (secondary N) is 3. The van der Waals surface area contributed by atoms with Gasteiger partial charge in [-0.1, -0.05) is 0 Å². The number of hydrogen-bond acceptors (Lipinski definition) is 4. The Morgan fingerprint density at radius 1 is 1.58 bits per heavy atom. The van der Waals surface area contributed by atoms with Gasteiger partial charge in [0.15, 0.2) is 0 Å². The minimum Gasteiger partial charge on any atom is -0.354 e. The number of rotatable bonds is 3. The van der Waals surface area contributed by atoms with E-state index in [0.29, 0.717) is 19.5 Å². The van der Waals surface area contributed by atoms with Crippen LogP contribution in [-0.4, -0.2) is 29.5 Å². The molecular formula is C12H18N4O2S. The summed E-state index contributed by atoms with van der Waals surface area (Å²) >= 11 is 1.55. The number of amides is 3. The van der Waals surface area contributed by atoms with E-state index in [1.54, 1.807) is 11.3 Å². The van der Waals surface area contributed by atoms with Crippen molar-refractivity contribution in [3.63, 3.8) is 0 Å². The van der Waals surface area contributed by atoms with Gasteiger partial charge in [-0.05, 0) is 26.2 Å². The van der Waals surface area contributed by atoms with Crippen LogP contribution in [0.5, 0.6) is 0 Å². The fourth-order valence-electron chi connectivity index (χ4n) is 1.95. The average molecular weight is 282 g/mol. The Labute approximate surface area is 116 Å². The molecule has 1 aromatic heterocycles. The second-order valence-corrected chi connectivity index (χ2v) is 5.59. The molecule has 0 bridgehead atoms. The molecule has 104 valence electrons. The van der Waals surface area contributed by atoms with E-state index in [9.17, 15) is 9.59 Å². The lowest BCUT2D eigenvalue weighted by Gasteiger charge is -2.15. The molecule has 0 aliphatic carbocycles. The molecule has 2 heterocycles. The first kappa shape index (κ1) is 13.8. The van der Waals surface area contributed by atoms with Crippen LogP contribution in [0.2, 0.25) is 0 Å². The fraction of sp³-hybridized carbons (Fsp3) is 0.583. The Hall–Kier alpha value is -1.63. The van der Waals surface area contributed by atoms with Crippen LogP contribution >= 0.6 is 11.3 Å². The van der Waals surface area contributed by atoms with Crippen molar-refractivity contribution < 1.29 is 9.59 Å². The van der Waals surface area contributed by atoms with E-state index in [1.807, 2.05) is 12.3 Å². The molecule has 1 atom stereocenters. The molecule has 1 aliphatic rings. The van der Waals surface area contributed by atoms with Crippen LogP contribution in [0.4, 0.5) is 4.79 Å². The van der Waals surface area contributed by atoms with Gasteiger partial charge in [-0.3, -0.25) is 4.79 Å². The van der Waals surface area contributed by atoms with Crippen LogP contribution in [0, 0.1) is 6.92 Å². The van der Waals surface area contributed by atoms with Gasteiger partial charge in [-0.2, -0.15) is 0 Å². The van der Waals surface area contributed by atoms with Gasteiger partial charge >= 0.3 is 6.03 Å². The summed E-state index contributed by atoms with van der Waals surface area (Å²) in [6, 6.07) is -0.757. The Kier molecular flexibility index (Phi) is 4.73. The van der Waals surface area contributed by atoms with Gasteiger partial charge in [-0.25, -0.2) is 9.78 Å². The number of carbonyl (C=O) groups excluding carboxylic acids is 2. The Morgan fingerprint density at radius 3 is 3.16 bits per heavy atom. The maximum Gasteiger partial charge on any atom is 0.315 e. The van der Waals surface area contributed by atoms with Gasteiger partial charge in [0.1, 0.15) is 6.04 Å². The molecule has 0 spiro atoms. The molecule has 1 saturated heterocycles. The summed E-state index contributed by atoms with van der Waals surface area (Å²) in [6.07, 6.45) is 2.59. The van der Waals surface area contributed by atoms with E-state index >= 15 is 0 Å². The molecule has 0 aromatic carbocycles. The van der Waals surface area contributed by atoms with E-state index in [-0.39, 0.29) is 11.9 Å². The summed E-state index contributed by atoms with van der Waals surface area (Å²) in [5.41, 5.74) is 0.836. The lowest BCUT2D eigenvalue weighted by atomic mass is 10.1. The Balaban J connectivity index is 1.78. The van der Waals surface area contributed by atoms with Gasteiger partial charge < -0.3 is 16.0 Å². The second-order valence-electron chi connectivity index (χ2n) is 4.52. The zero-order valence-electron chi connectivity index (χ0n) is 10.9. The van der Waals surface area contributed by atoms with Crippen molar-refractivity contribution in [1.82, 2.24) is 20.9 Å². The molecule has 6 nitrogen and oxygen atoms in total. The second kappa shape index (κ2) is 6.51. The van der Waals surface area contributed by atoms with Gasteiger partial charge in [0.05, 0.1) is 17.2 Å². The topological polar surface area (TPSA) is 83.1 Å². The van der Waals surface area contributed by atoms with Crippen molar-refractivity contribution >= 4 is 23.3 Å². The van der Waals surface area contributed by atoms with Crippen LogP contribution in [-0.2, 0) is 11.3 Å². The maximum absolute atomic E-state index is 11.7. The van der Waals surface area contributed by atoms with Gasteiger partial charge in [0.2, 0.25) is 5.91 Å².